The van der Waals surface area contributed by atoms with Gasteiger partial charge in [-0.15, -0.1) is 0 Å². The van der Waals surface area contributed by atoms with Gasteiger partial charge in [-0.1, -0.05) is 22.8 Å². The Hall–Kier alpha value is -1.66. The minimum Gasteiger partial charge on any atom is -0.382 e. The third-order valence-electron chi connectivity index (χ3n) is 4.01. The van der Waals surface area contributed by atoms with Crippen molar-refractivity contribution in [3.63, 3.8) is 0 Å². The smallest absolute Gasteiger partial charge is 0.266 e. The van der Waals surface area contributed by atoms with Crippen molar-refractivity contribution in [1.82, 2.24) is 9.80 Å². The fourth-order valence-electron chi connectivity index (χ4n) is 2.66. The van der Waals surface area contributed by atoms with Gasteiger partial charge >= 0.3 is 0 Å². The van der Waals surface area contributed by atoms with Crippen molar-refractivity contribution < 1.29 is 14.0 Å². The van der Waals surface area contributed by atoms with Crippen molar-refractivity contribution in [2.75, 3.05) is 33.2 Å². The maximum absolute atomic E-state index is 13.9. The molecule has 1 fully saturated rings. The molecular weight excluding hydrogens is 309 g/mol. The average molecular weight is 326 g/mol. The fourth-order valence-corrected chi connectivity index (χ4v) is 2.93. The van der Waals surface area contributed by atoms with Crippen LogP contribution in [0.3, 0.4) is 0 Å². The number of carbonyl (C=O) groups is 1. The van der Waals surface area contributed by atoms with Gasteiger partial charge in [0.25, 0.3) is 5.91 Å². The maximum Gasteiger partial charge on any atom is 0.266 e. The predicted octanol–water partition coefficient (Wildman–Crippen LogP) is 1.75. The van der Waals surface area contributed by atoms with Crippen molar-refractivity contribution in [3.05, 3.63) is 34.6 Å². The Balaban J connectivity index is 1.68. The van der Waals surface area contributed by atoms with Crippen LogP contribution >= 0.6 is 11.6 Å². The number of benzene rings is 1. The molecule has 0 N–H and O–H groups in total. The lowest BCUT2D eigenvalue weighted by Gasteiger charge is -2.33. The Kier molecular flexibility index (Phi) is 4.31. The molecule has 22 heavy (non-hydrogen) atoms. The maximum atomic E-state index is 13.9. The van der Waals surface area contributed by atoms with E-state index in [0.717, 1.165) is 13.1 Å². The summed E-state index contributed by atoms with van der Waals surface area (Å²) in [7, 11) is 2.02. The highest BCUT2D eigenvalue weighted by atomic mass is 35.5. The number of hydrogen-bond acceptors (Lipinski definition) is 4. The molecular formula is C15H17ClFN3O2. The average Bonchev–Trinajstić information content (AvgIpc) is 2.97. The lowest BCUT2D eigenvalue weighted by molar-refractivity contribution is -0.143. The summed E-state index contributed by atoms with van der Waals surface area (Å²) in [5, 5.41) is 4.15. The highest BCUT2D eigenvalue weighted by Gasteiger charge is 2.34. The van der Waals surface area contributed by atoms with E-state index < -0.39 is 11.9 Å². The van der Waals surface area contributed by atoms with E-state index in [0.29, 0.717) is 18.8 Å². The van der Waals surface area contributed by atoms with Gasteiger partial charge in [0.2, 0.25) is 6.10 Å². The lowest BCUT2D eigenvalue weighted by Crippen LogP contribution is -2.50. The summed E-state index contributed by atoms with van der Waals surface area (Å²) >= 11 is 6.02. The van der Waals surface area contributed by atoms with Gasteiger partial charge in [-0.3, -0.25) is 4.79 Å². The van der Waals surface area contributed by atoms with Crippen LogP contribution in [-0.2, 0) is 9.63 Å². The van der Waals surface area contributed by atoms with Gasteiger partial charge in [-0.05, 0) is 19.2 Å². The largest absolute Gasteiger partial charge is 0.382 e. The van der Waals surface area contributed by atoms with Gasteiger partial charge in [-0.2, -0.15) is 0 Å². The van der Waals surface area contributed by atoms with Crippen LogP contribution in [0.25, 0.3) is 0 Å². The fraction of sp³-hybridized carbons (Fsp3) is 0.467. The quantitative estimate of drug-likeness (QED) is 0.832. The molecule has 1 amide bonds. The highest BCUT2D eigenvalue weighted by molar-refractivity contribution is 6.34. The molecule has 0 spiro atoms. The summed E-state index contributed by atoms with van der Waals surface area (Å²) in [6.45, 7) is 3.02. The molecule has 0 bridgehead atoms. The van der Waals surface area contributed by atoms with Gasteiger partial charge < -0.3 is 14.6 Å². The van der Waals surface area contributed by atoms with Crippen molar-refractivity contribution in [2.45, 2.75) is 12.5 Å². The van der Waals surface area contributed by atoms with E-state index in [-0.39, 0.29) is 22.9 Å². The topological polar surface area (TPSA) is 45.1 Å². The Morgan fingerprint density at radius 1 is 1.36 bits per heavy atom. The van der Waals surface area contributed by atoms with Crippen molar-refractivity contribution in [3.8, 4) is 0 Å². The van der Waals surface area contributed by atoms with Gasteiger partial charge in [-0.25, -0.2) is 4.39 Å². The molecule has 0 saturated carbocycles. The number of halogens is 2. The molecule has 7 heteroatoms. The van der Waals surface area contributed by atoms with E-state index in [1.165, 1.54) is 12.1 Å². The Bertz CT molecular complexity index is 595. The normalized spacial score (nSPS) is 22.4. The van der Waals surface area contributed by atoms with Crippen LogP contribution in [0, 0.1) is 5.82 Å². The first-order chi connectivity index (χ1) is 10.6. The second kappa shape index (κ2) is 6.22. The SMILES string of the molecule is CN1CCN(C(=O)[C@@H]2CC(c3c(F)cccc3Cl)=NO2)CC1. The summed E-state index contributed by atoms with van der Waals surface area (Å²) in [5.74, 6) is -0.554. The van der Waals surface area contributed by atoms with Crippen LogP contribution in [0.4, 0.5) is 4.39 Å². The van der Waals surface area contributed by atoms with Crippen molar-refractivity contribution >= 4 is 23.2 Å². The van der Waals surface area contributed by atoms with Crippen LogP contribution in [0.5, 0.6) is 0 Å². The zero-order valence-corrected chi connectivity index (χ0v) is 13.0. The number of amides is 1. The number of likely N-dealkylation sites (N-methyl/N-ethyl adjacent to an activating group) is 1. The van der Waals surface area contributed by atoms with Crippen LogP contribution in [0.15, 0.2) is 23.4 Å². The summed E-state index contributed by atoms with van der Waals surface area (Å²) < 4.78 is 13.9. The molecule has 0 radical (unpaired) electrons. The monoisotopic (exact) mass is 325 g/mol. The predicted molar refractivity (Wildman–Crippen MR) is 81.5 cm³/mol. The first kappa shape index (κ1) is 15.2. The zero-order chi connectivity index (χ0) is 15.7. The second-order valence-electron chi connectivity index (χ2n) is 5.56. The summed E-state index contributed by atoms with van der Waals surface area (Å²) in [5.41, 5.74) is 0.605. The van der Waals surface area contributed by atoms with Gasteiger partial charge in [0.1, 0.15) is 5.82 Å². The van der Waals surface area contributed by atoms with Gasteiger partial charge in [0.05, 0.1) is 16.3 Å². The van der Waals surface area contributed by atoms with E-state index in [9.17, 15) is 9.18 Å². The second-order valence-corrected chi connectivity index (χ2v) is 5.97. The minimum absolute atomic E-state index is 0.0979. The molecule has 0 unspecified atom stereocenters. The number of piperazine rings is 1. The summed E-state index contributed by atoms with van der Waals surface area (Å²) in [6, 6.07) is 4.45. The number of rotatable bonds is 2. The van der Waals surface area contributed by atoms with E-state index in [4.69, 9.17) is 16.4 Å². The van der Waals surface area contributed by atoms with Gasteiger partial charge in [0, 0.05) is 32.6 Å². The number of carbonyl (C=O) groups excluding carboxylic acids is 1. The molecule has 1 saturated heterocycles. The van der Waals surface area contributed by atoms with Crippen LogP contribution in [0.1, 0.15) is 12.0 Å². The highest BCUT2D eigenvalue weighted by Crippen LogP contribution is 2.26. The third kappa shape index (κ3) is 2.94. The Morgan fingerprint density at radius 3 is 2.77 bits per heavy atom. The molecule has 0 aliphatic carbocycles. The molecule has 1 atom stereocenters. The first-order valence-electron chi connectivity index (χ1n) is 7.20. The Morgan fingerprint density at radius 2 is 2.09 bits per heavy atom. The van der Waals surface area contributed by atoms with Crippen molar-refractivity contribution in [1.29, 1.82) is 0 Å². The van der Waals surface area contributed by atoms with Crippen LogP contribution in [-0.4, -0.2) is 60.7 Å². The summed E-state index contributed by atoms with van der Waals surface area (Å²) in [6.07, 6.45) is -0.444. The number of hydrogen-bond donors (Lipinski definition) is 0. The molecule has 118 valence electrons. The Labute approximate surface area is 133 Å². The van der Waals surface area contributed by atoms with E-state index in [1.54, 1.807) is 11.0 Å². The molecule has 5 nitrogen and oxygen atoms in total. The number of nitrogens with zero attached hydrogens (tertiary/aromatic N) is 3. The minimum atomic E-state index is -0.686. The molecule has 0 aromatic heterocycles. The summed E-state index contributed by atoms with van der Waals surface area (Å²) in [4.78, 5) is 21.6. The number of oxime groups is 1. The molecule has 2 aliphatic heterocycles. The van der Waals surface area contributed by atoms with Crippen LogP contribution < -0.4 is 0 Å². The van der Waals surface area contributed by atoms with Crippen molar-refractivity contribution in [2.24, 2.45) is 5.16 Å². The third-order valence-corrected chi connectivity index (χ3v) is 4.33. The van der Waals surface area contributed by atoms with E-state index in [2.05, 4.69) is 10.1 Å². The first-order valence-corrected chi connectivity index (χ1v) is 7.58. The van der Waals surface area contributed by atoms with Crippen LogP contribution in [0.2, 0.25) is 5.02 Å². The molecule has 2 heterocycles. The molecule has 1 aromatic carbocycles. The molecule has 2 aliphatic rings. The molecule has 1 aromatic rings. The zero-order valence-electron chi connectivity index (χ0n) is 12.3. The van der Waals surface area contributed by atoms with E-state index in [1.807, 2.05) is 7.05 Å². The van der Waals surface area contributed by atoms with Gasteiger partial charge in [0.15, 0.2) is 0 Å². The lowest BCUT2D eigenvalue weighted by atomic mass is 10.0. The molecule has 3 rings (SSSR count). The van der Waals surface area contributed by atoms with E-state index >= 15 is 0 Å². The standard InChI is InChI=1S/C15H17ClFN3O2/c1-19-5-7-20(8-6-19)15(21)13-9-12(18-22-13)14-10(16)3-2-4-11(14)17/h2-4,13H,5-9H2,1H3/t13-/m0/s1.